The summed E-state index contributed by atoms with van der Waals surface area (Å²) in [5.74, 6) is -0.390. The third kappa shape index (κ3) is 6.31. The number of rotatable bonds is 10. The maximum Gasteiger partial charge on any atom is 0.250 e. The first-order valence-corrected chi connectivity index (χ1v) is 15.9. The van der Waals surface area contributed by atoms with Crippen LogP contribution in [0.2, 0.25) is 4.34 Å². The van der Waals surface area contributed by atoms with E-state index in [9.17, 15) is 18.0 Å². The molecule has 0 bridgehead atoms. The minimum Gasteiger partial charge on any atom is -0.337 e. The molecule has 0 spiro atoms. The highest BCUT2D eigenvalue weighted by atomic mass is 35.5. The first kappa shape index (κ1) is 27.5. The van der Waals surface area contributed by atoms with Crippen LogP contribution in [-0.2, 0) is 19.6 Å². The van der Waals surface area contributed by atoms with Crippen LogP contribution < -0.4 is 4.72 Å². The number of likely N-dealkylation sites (N-methyl/N-ethyl adjacent to an activating group) is 1. The van der Waals surface area contributed by atoms with E-state index < -0.39 is 16.1 Å². The Morgan fingerprint density at radius 1 is 1.08 bits per heavy atom. The standard InChI is InChI=1S/C24H33ClN4O4S3/c1-3-27(4-2)15-17-7-5-14-29(17)22(30)16-28-13-6-8-18(24(28)31)26-36(32,33)23-12-10-20(35-23)19-9-11-21(25)34-19/h9-12,17-18,26H,3-8,13-16H2,1-2H3/t17-,18-/m0/s1. The molecule has 0 aliphatic carbocycles. The van der Waals surface area contributed by atoms with E-state index >= 15 is 0 Å². The van der Waals surface area contributed by atoms with Crippen LogP contribution >= 0.6 is 34.3 Å². The lowest BCUT2D eigenvalue weighted by atomic mass is 10.1. The van der Waals surface area contributed by atoms with Gasteiger partial charge in [0, 0.05) is 35.4 Å². The molecule has 4 rings (SSSR count). The Labute approximate surface area is 226 Å². The van der Waals surface area contributed by atoms with Gasteiger partial charge in [-0.3, -0.25) is 9.59 Å². The Hall–Kier alpha value is -1.50. The number of piperidine rings is 1. The van der Waals surface area contributed by atoms with Crippen LogP contribution in [0.25, 0.3) is 9.75 Å². The molecule has 2 atom stereocenters. The van der Waals surface area contributed by atoms with Gasteiger partial charge in [0.2, 0.25) is 11.8 Å². The summed E-state index contributed by atoms with van der Waals surface area (Å²) < 4.78 is 29.5. The summed E-state index contributed by atoms with van der Waals surface area (Å²) in [6.45, 7) is 8.12. The van der Waals surface area contributed by atoms with E-state index in [1.807, 2.05) is 11.0 Å². The molecule has 0 aromatic carbocycles. The van der Waals surface area contributed by atoms with Crippen LogP contribution in [0.5, 0.6) is 0 Å². The molecule has 8 nitrogen and oxygen atoms in total. The SMILES string of the molecule is CCN(CC)C[C@@H]1CCCN1C(=O)CN1CCC[C@H](NS(=O)(=O)c2ccc(-c3ccc(Cl)s3)s2)C1=O. The number of nitrogens with zero attached hydrogens (tertiary/aromatic N) is 3. The zero-order valence-electron chi connectivity index (χ0n) is 20.6. The van der Waals surface area contributed by atoms with Gasteiger partial charge in [0.05, 0.1) is 10.9 Å². The lowest BCUT2D eigenvalue weighted by molar-refractivity contribution is -0.143. The molecule has 0 saturated carbocycles. The molecule has 2 aliphatic heterocycles. The van der Waals surface area contributed by atoms with Crippen molar-refractivity contribution in [1.82, 2.24) is 19.4 Å². The number of carbonyl (C=O) groups is 2. The molecule has 2 aromatic rings. The van der Waals surface area contributed by atoms with Crippen molar-refractivity contribution in [2.45, 2.75) is 55.8 Å². The van der Waals surface area contributed by atoms with E-state index in [4.69, 9.17) is 11.6 Å². The smallest absolute Gasteiger partial charge is 0.250 e. The van der Waals surface area contributed by atoms with Gasteiger partial charge in [-0.15, -0.1) is 22.7 Å². The monoisotopic (exact) mass is 572 g/mol. The van der Waals surface area contributed by atoms with Gasteiger partial charge in [0.15, 0.2) is 0 Å². The molecule has 1 N–H and O–H groups in total. The third-order valence-electron chi connectivity index (χ3n) is 6.88. The first-order chi connectivity index (χ1) is 17.2. The zero-order chi connectivity index (χ0) is 25.9. The van der Waals surface area contributed by atoms with Crippen molar-refractivity contribution >= 4 is 56.1 Å². The number of hydrogen-bond donors (Lipinski definition) is 1. The van der Waals surface area contributed by atoms with Gasteiger partial charge in [-0.25, -0.2) is 8.42 Å². The van der Waals surface area contributed by atoms with Gasteiger partial charge in [-0.2, -0.15) is 4.72 Å². The second-order valence-corrected chi connectivity index (χ2v) is 13.9. The van der Waals surface area contributed by atoms with E-state index in [-0.39, 0.29) is 28.6 Å². The van der Waals surface area contributed by atoms with Crippen LogP contribution in [0, 0.1) is 0 Å². The van der Waals surface area contributed by atoms with Gasteiger partial charge in [0.1, 0.15) is 10.3 Å². The molecule has 4 heterocycles. The number of thiophene rings is 2. The first-order valence-electron chi connectivity index (χ1n) is 12.4. The Morgan fingerprint density at radius 2 is 1.78 bits per heavy atom. The molecule has 0 radical (unpaired) electrons. The predicted molar refractivity (Wildman–Crippen MR) is 145 cm³/mol. The number of amides is 2. The second kappa shape index (κ2) is 11.9. The number of halogens is 1. The van der Waals surface area contributed by atoms with Gasteiger partial charge >= 0.3 is 0 Å². The van der Waals surface area contributed by atoms with Crippen molar-refractivity contribution in [3.63, 3.8) is 0 Å². The summed E-state index contributed by atoms with van der Waals surface area (Å²) in [5.41, 5.74) is 0. The molecule has 36 heavy (non-hydrogen) atoms. The summed E-state index contributed by atoms with van der Waals surface area (Å²) in [6, 6.07) is 6.22. The normalized spacial score (nSPS) is 21.1. The van der Waals surface area contributed by atoms with E-state index in [2.05, 4.69) is 23.5 Å². The van der Waals surface area contributed by atoms with Crippen molar-refractivity contribution in [2.75, 3.05) is 39.3 Å². The van der Waals surface area contributed by atoms with Crippen molar-refractivity contribution < 1.29 is 18.0 Å². The van der Waals surface area contributed by atoms with Crippen LogP contribution in [0.1, 0.15) is 39.5 Å². The topological polar surface area (TPSA) is 90.0 Å². The number of nitrogens with one attached hydrogen (secondary N) is 1. The number of hydrogen-bond acceptors (Lipinski definition) is 7. The second-order valence-electron chi connectivity index (χ2n) is 9.17. The maximum absolute atomic E-state index is 13.2. The summed E-state index contributed by atoms with van der Waals surface area (Å²) in [7, 11) is -3.88. The highest BCUT2D eigenvalue weighted by molar-refractivity contribution is 7.91. The Bertz CT molecular complexity index is 1180. The third-order valence-corrected chi connectivity index (χ3v) is 11.4. The van der Waals surface area contributed by atoms with Crippen LogP contribution in [0.4, 0.5) is 0 Å². The lowest BCUT2D eigenvalue weighted by Crippen LogP contribution is -2.55. The molecule has 2 fully saturated rings. The van der Waals surface area contributed by atoms with E-state index in [0.717, 1.165) is 53.6 Å². The highest BCUT2D eigenvalue weighted by Gasteiger charge is 2.36. The minimum atomic E-state index is -3.88. The van der Waals surface area contributed by atoms with Crippen LogP contribution in [0.15, 0.2) is 28.5 Å². The summed E-state index contributed by atoms with van der Waals surface area (Å²) >= 11 is 8.54. The molecular formula is C24H33ClN4O4S3. The largest absolute Gasteiger partial charge is 0.337 e. The fourth-order valence-corrected chi connectivity index (χ4v) is 8.56. The molecule has 0 unspecified atom stereocenters. The molecule has 2 aromatic heterocycles. The quantitative estimate of drug-likeness (QED) is 0.468. The van der Waals surface area contributed by atoms with Crippen molar-refractivity contribution in [3.8, 4) is 9.75 Å². The molecule has 2 saturated heterocycles. The summed E-state index contributed by atoms with van der Waals surface area (Å²) in [4.78, 5) is 33.8. The maximum atomic E-state index is 13.2. The molecule has 12 heteroatoms. The zero-order valence-corrected chi connectivity index (χ0v) is 23.8. The molecule has 198 valence electrons. The van der Waals surface area contributed by atoms with Crippen LogP contribution in [0.3, 0.4) is 0 Å². The van der Waals surface area contributed by atoms with Gasteiger partial charge in [-0.1, -0.05) is 25.4 Å². The minimum absolute atomic E-state index is 0.00585. The fourth-order valence-electron chi connectivity index (χ4n) is 4.88. The molecule has 2 amide bonds. The summed E-state index contributed by atoms with van der Waals surface area (Å²) in [5, 5.41) is 0. The Balaban J connectivity index is 1.38. The van der Waals surface area contributed by atoms with Crippen LogP contribution in [-0.4, -0.2) is 86.3 Å². The van der Waals surface area contributed by atoms with Gasteiger partial charge in [0.25, 0.3) is 10.0 Å². The van der Waals surface area contributed by atoms with E-state index in [1.54, 1.807) is 18.2 Å². The lowest BCUT2D eigenvalue weighted by Gasteiger charge is -2.35. The average Bonchev–Trinajstić information content (AvgIpc) is 3.60. The van der Waals surface area contributed by atoms with Crippen molar-refractivity contribution in [3.05, 3.63) is 28.6 Å². The average molecular weight is 573 g/mol. The summed E-state index contributed by atoms with van der Waals surface area (Å²) in [6.07, 6.45) is 2.99. The Morgan fingerprint density at radius 3 is 2.47 bits per heavy atom. The number of sulfonamides is 1. The Kier molecular flexibility index (Phi) is 9.11. The highest BCUT2D eigenvalue weighted by Crippen LogP contribution is 2.37. The number of likely N-dealkylation sites (tertiary alicyclic amines) is 2. The van der Waals surface area contributed by atoms with E-state index in [0.29, 0.717) is 30.3 Å². The molecular weight excluding hydrogens is 540 g/mol. The van der Waals surface area contributed by atoms with E-state index in [1.165, 1.54) is 16.2 Å². The fraction of sp³-hybridized carbons (Fsp3) is 0.583. The van der Waals surface area contributed by atoms with Crippen molar-refractivity contribution in [2.24, 2.45) is 0 Å². The number of carbonyl (C=O) groups excluding carboxylic acids is 2. The molecule has 2 aliphatic rings. The van der Waals surface area contributed by atoms with Gasteiger partial charge < -0.3 is 14.7 Å². The van der Waals surface area contributed by atoms with Gasteiger partial charge in [-0.05, 0) is 63.0 Å². The predicted octanol–water partition coefficient (Wildman–Crippen LogP) is 3.73. The van der Waals surface area contributed by atoms with Crippen molar-refractivity contribution in [1.29, 1.82) is 0 Å².